The Bertz CT molecular complexity index is 881. The van der Waals surface area contributed by atoms with E-state index in [1.807, 2.05) is 17.0 Å². The maximum atomic E-state index is 6.43. The first kappa shape index (κ1) is 19.7. The van der Waals surface area contributed by atoms with Crippen LogP contribution in [0.1, 0.15) is 64.3 Å². The molecule has 2 aliphatic rings. The Hall–Kier alpha value is -1.63. The summed E-state index contributed by atoms with van der Waals surface area (Å²) in [5.41, 5.74) is 3.81. The number of aromatic nitrogens is 2. The topological polar surface area (TPSA) is 45.5 Å². The van der Waals surface area contributed by atoms with Gasteiger partial charge in [0.05, 0.1) is 22.9 Å². The lowest BCUT2D eigenvalue weighted by atomic mass is 9.72. The quantitative estimate of drug-likeness (QED) is 0.591. The van der Waals surface area contributed by atoms with Crippen LogP contribution in [0.2, 0.25) is 0 Å². The predicted molar refractivity (Wildman–Crippen MR) is 113 cm³/mol. The van der Waals surface area contributed by atoms with Crippen LogP contribution >= 0.6 is 0 Å². The summed E-state index contributed by atoms with van der Waals surface area (Å²) in [6, 6.07) is 2.22. The molecule has 1 aromatic heterocycles. The monoisotopic (exact) mass is 382 g/mol. The molecule has 1 atom stereocenters. The maximum absolute atomic E-state index is 6.43. The van der Waals surface area contributed by atoms with E-state index >= 15 is 0 Å². The molecule has 0 radical (unpaired) electrons. The normalized spacial score (nSPS) is 24.0. The first-order valence-electron chi connectivity index (χ1n) is 10.3. The van der Waals surface area contributed by atoms with Crippen LogP contribution in [0.5, 0.6) is 0 Å². The summed E-state index contributed by atoms with van der Waals surface area (Å²) in [7, 11) is -0.424. The second-order valence-electron chi connectivity index (χ2n) is 9.01. The molecule has 2 saturated heterocycles. The Morgan fingerprint density at radius 1 is 1.25 bits per heavy atom. The molecule has 2 aromatic rings. The van der Waals surface area contributed by atoms with Gasteiger partial charge in [0, 0.05) is 12.0 Å². The van der Waals surface area contributed by atoms with Crippen molar-refractivity contribution in [2.45, 2.75) is 77.7 Å². The van der Waals surface area contributed by atoms with Gasteiger partial charge in [-0.3, -0.25) is 0 Å². The Labute approximate surface area is 168 Å². The number of benzene rings is 1. The molecule has 1 aromatic carbocycles. The van der Waals surface area contributed by atoms with E-state index in [0.717, 1.165) is 42.2 Å². The summed E-state index contributed by atoms with van der Waals surface area (Å²) >= 11 is 0. The third kappa shape index (κ3) is 3.12. The van der Waals surface area contributed by atoms with Crippen molar-refractivity contribution in [2.24, 2.45) is 0 Å². The van der Waals surface area contributed by atoms with Crippen LogP contribution in [0.25, 0.3) is 10.9 Å². The van der Waals surface area contributed by atoms with Crippen LogP contribution in [-0.2, 0) is 20.5 Å². The fourth-order valence-electron chi connectivity index (χ4n) is 4.18. The molecule has 1 unspecified atom stereocenters. The first-order valence-corrected chi connectivity index (χ1v) is 10.3. The maximum Gasteiger partial charge on any atom is 0.495 e. The van der Waals surface area contributed by atoms with Crippen molar-refractivity contribution >= 4 is 23.5 Å². The number of fused-ring (bicyclic) bond motifs is 1. The highest BCUT2D eigenvalue weighted by Gasteiger charge is 2.52. The van der Waals surface area contributed by atoms with E-state index in [9.17, 15) is 0 Å². The molecule has 150 valence electrons. The van der Waals surface area contributed by atoms with Crippen LogP contribution in [-0.4, -0.2) is 34.7 Å². The molecule has 0 N–H and O–H groups in total. The number of hydrogen-bond donors (Lipinski definition) is 0. The molecular weight excluding hydrogens is 351 g/mol. The van der Waals surface area contributed by atoms with Crippen molar-refractivity contribution in [1.82, 2.24) is 9.78 Å². The lowest BCUT2D eigenvalue weighted by molar-refractivity contribution is -0.0366. The van der Waals surface area contributed by atoms with Crippen molar-refractivity contribution in [3.05, 3.63) is 36.0 Å². The molecule has 0 saturated carbocycles. The van der Waals surface area contributed by atoms with E-state index in [4.69, 9.17) is 19.1 Å². The minimum Gasteiger partial charge on any atom is -0.399 e. The van der Waals surface area contributed by atoms with E-state index in [-0.39, 0.29) is 17.4 Å². The number of nitrogens with zero attached hydrogens (tertiary/aromatic N) is 2. The molecule has 0 bridgehead atoms. The van der Waals surface area contributed by atoms with Crippen LogP contribution in [0.4, 0.5) is 0 Å². The van der Waals surface area contributed by atoms with Gasteiger partial charge in [-0.25, -0.2) is 4.68 Å². The molecule has 0 spiro atoms. The van der Waals surface area contributed by atoms with Crippen LogP contribution in [0.3, 0.4) is 0 Å². The molecule has 4 rings (SSSR count). The van der Waals surface area contributed by atoms with Gasteiger partial charge in [0.1, 0.15) is 0 Å². The number of rotatable bonds is 4. The fraction of sp³-hybridized carbons (Fsp3) is 0.591. The summed E-state index contributed by atoms with van der Waals surface area (Å²) in [5.74, 6) is 0. The van der Waals surface area contributed by atoms with Gasteiger partial charge in [0.2, 0.25) is 0 Å². The Balaban J connectivity index is 1.87. The molecule has 2 fully saturated rings. The SMILES string of the molecule is C=CCc1c(C)cc2c(cnn2C2CCCCO2)c1B1OC(C)(C)C(C)(C)O1. The average Bonchev–Trinajstić information content (AvgIpc) is 3.14. The minimum atomic E-state index is -0.424. The van der Waals surface area contributed by atoms with Gasteiger partial charge < -0.3 is 14.0 Å². The van der Waals surface area contributed by atoms with Gasteiger partial charge in [-0.1, -0.05) is 6.08 Å². The molecular formula is C22H31BN2O3. The highest BCUT2D eigenvalue weighted by Crippen LogP contribution is 2.38. The van der Waals surface area contributed by atoms with Crippen LogP contribution in [0.15, 0.2) is 24.9 Å². The van der Waals surface area contributed by atoms with Crippen molar-refractivity contribution in [3.8, 4) is 0 Å². The smallest absolute Gasteiger partial charge is 0.399 e. The lowest BCUT2D eigenvalue weighted by Gasteiger charge is -2.32. The third-order valence-electron chi connectivity index (χ3n) is 6.54. The van der Waals surface area contributed by atoms with E-state index in [1.54, 1.807) is 0 Å². The molecule has 2 aliphatic heterocycles. The number of aryl methyl sites for hydroxylation is 1. The van der Waals surface area contributed by atoms with Crippen molar-refractivity contribution in [2.75, 3.05) is 6.61 Å². The molecule has 3 heterocycles. The largest absolute Gasteiger partial charge is 0.495 e. The lowest BCUT2D eigenvalue weighted by Crippen LogP contribution is -2.41. The van der Waals surface area contributed by atoms with E-state index in [0.29, 0.717) is 0 Å². The zero-order valence-electron chi connectivity index (χ0n) is 17.7. The molecule has 6 heteroatoms. The average molecular weight is 382 g/mol. The summed E-state index contributed by atoms with van der Waals surface area (Å²) < 4.78 is 20.9. The molecule has 0 aliphatic carbocycles. The third-order valence-corrected chi connectivity index (χ3v) is 6.54. The molecule has 28 heavy (non-hydrogen) atoms. The number of ether oxygens (including phenoxy) is 1. The summed E-state index contributed by atoms with van der Waals surface area (Å²) in [6.07, 6.45) is 7.95. The van der Waals surface area contributed by atoms with Crippen molar-refractivity contribution < 1.29 is 14.0 Å². The number of hydrogen-bond acceptors (Lipinski definition) is 4. The number of allylic oxidation sites excluding steroid dienone is 1. The zero-order valence-corrected chi connectivity index (χ0v) is 17.7. The van der Waals surface area contributed by atoms with E-state index < -0.39 is 7.12 Å². The Morgan fingerprint density at radius 3 is 2.57 bits per heavy atom. The summed E-state index contributed by atoms with van der Waals surface area (Å²) in [5, 5.41) is 5.80. The second-order valence-corrected chi connectivity index (χ2v) is 9.01. The standard InChI is InChI=1S/C22H31BN2O3/c1-7-10-16-15(2)13-18-17(14-24-25(18)19-11-8-9-12-26-19)20(16)23-27-21(3,4)22(5,6)28-23/h7,13-14,19H,1,8-12H2,2-6H3. The highest BCUT2D eigenvalue weighted by atomic mass is 16.7. The Morgan fingerprint density at radius 2 is 1.96 bits per heavy atom. The minimum absolute atomic E-state index is 0.00190. The van der Waals surface area contributed by atoms with Crippen LogP contribution < -0.4 is 5.46 Å². The van der Waals surface area contributed by atoms with E-state index in [1.165, 1.54) is 17.5 Å². The summed E-state index contributed by atoms with van der Waals surface area (Å²) in [4.78, 5) is 0. The van der Waals surface area contributed by atoms with Crippen molar-refractivity contribution in [3.63, 3.8) is 0 Å². The fourth-order valence-corrected chi connectivity index (χ4v) is 4.18. The predicted octanol–water partition coefficient (Wildman–Crippen LogP) is 4.07. The van der Waals surface area contributed by atoms with Gasteiger partial charge >= 0.3 is 7.12 Å². The first-order chi connectivity index (χ1) is 13.2. The molecule has 0 amide bonds. The highest BCUT2D eigenvalue weighted by molar-refractivity contribution is 6.65. The van der Waals surface area contributed by atoms with Crippen LogP contribution in [0, 0.1) is 6.92 Å². The van der Waals surface area contributed by atoms with E-state index in [2.05, 4.69) is 47.3 Å². The second kappa shape index (κ2) is 7.01. The van der Waals surface area contributed by atoms with Gasteiger partial charge in [-0.2, -0.15) is 5.10 Å². The Kier molecular flexibility index (Phi) is 4.93. The van der Waals surface area contributed by atoms with Crippen molar-refractivity contribution in [1.29, 1.82) is 0 Å². The van der Waals surface area contributed by atoms with Gasteiger partial charge in [0.15, 0.2) is 6.23 Å². The molecule has 5 nitrogen and oxygen atoms in total. The summed E-state index contributed by atoms with van der Waals surface area (Å²) in [6.45, 7) is 15.3. The van der Waals surface area contributed by atoms with Gasteiger partial charge in [-0.05, 0) is 83.0 Å². The van der Waals surface area contributed by atoms with Gasteiger partial charge in [-0.15, -0.1) is 6.58 Å². The van der Waals surface area contributed by atoms with Gasteiger partial charge in [0.25, 0.3) is 0 Å². The zero-order chi connectivity index (χ0) is 20.1.